The fourth-order valence-corrected chi connectivity index (χ4v) is 4.78. The Morgan fingerprint density at radius 2 is 1.96 bits per heavy atom. The zero-order valence-electron chi connectivity index (χ0n) is 14.5. The molecule has 3 rings (SSSR count). The molecule has 0 radical (unpaired) electrons. The summed E-state index contributed by atoms with van der Waals surface area (Å²) < 4.78 is 40.8. The molecule has 3 aromatic rings. The molecule has 0 spiro atoms. The molecule has 0 aliphatic rings. The van der Waals surface area contributed by atoms with E-state index in [0.29, 0.717) is 11.3 Å². The van der Waals surface area contributed by atoms with Gasteiger partial charge in [0, 0.05) is 23.9 Å². The first-order chi connectivity index (χ1) is 12.3. The number of hydrogen-bond donors (Lipinski definition) is 1. The molecule has 0 amide bonds. The lowest BCUT2D eigenvalue weighted by atomic mass is 10.2. The van der Waals surface area contributed by atoms with Gasteiger partial charge in [-0.1, -0.05) is 29.8 Å². The molecule has 136 valence electrons. The lowest BCUT2D eigenvalue weighted by molar-refractivity contribution is 0.580. The van der Waals surface area contributed by atoms with Crippen LogP contribution in [0.15, 0.2) is 52.7 Å². The van der Waals surface area contributed by atoms with Crippen LogP contribution in [0.4, 0.5) is 4.39 Å². The molecule has 0 bridgehead atoms. The Bertz CT molecular complexity index is 1030. The number of rotatable bonds is 6. The summed E-state index contributed by atoms with van der Waals surface area (Å²) in [4.78, 5) is 4.75. The molecule has 1 heterocycles. The van der Waals surface area contributed by atoms with E-state index in [4.69, 9.17) is 0 Å². The molecule has 26 heavy (non-hydrogen) atoms. The van der Waals surface area contributed by atoms with Crippen LogP contribution in [0.2, 0.25) is 0 Å². The van der Waals surface area contributed by atoms with E-state index < -0.39 is 10.0 Å². The summed E-state index contributed by atoms with van der Waals surface area (Å²) >= 11 is 1.41. The third-order valence-corrected chi connectivity index (χ3v) is 6.48. The smallest absolute Gasteiger partial charge is 0.240 e. The number of halogens is 1. The van der Waals surface area contributed by atoms with Gasteiger partial charge in [0.05, 0.1) is 10.6 Å². The van der Waals surface area contributed by atoms with Gasteiger partial charge in [-0.05, 0) is 37.6 Å². The Hall–Kier alpha value is -2.09. The van der Waals surface area contributed by atoms with Crippen LogP contribution >= 0.6 is 11.3 Å². The molecule has 0 atom stereocenters. The zero-order valence-corrected chi connectivity index (χ0v) is 16.1. The Morgan fingerprint density at radius 1 is 1.15 bits per heavy atom. The van der Waals surface area contributed by atoms with Crippen molar-refractivity contribution in [2.75, 3.05) is 6.54 Å². The van der Waals surface area contributed by atoms with E-state index in [1.54, 1.807) is 31.2 Å². The lowest BCUT2D eigenvalue weighted by Crippen LogP contribution is -2.26. The van der Waals surface area contributed by atoms with Gasteiger partial charge in [-0.15, -0.1) is 11.3 Å². The minimum absolute atomic E-state index is 0.252. The van der Waals surface area contributed by atoms with E-state index in [1.807, 2.05) is 18.4 Å². The quantitative estimate of drug-likeness (QED) is 0.690. The van der Waals surface area contributed by atoms with Crippen LogP contribution in [0.3, 0.4) is 0 Å². The normalized spacial score (nSPS) is 11.7. The van der Waals surface area contributed by atoms with Gasteiger partial charge in [0.2, 0.25) is 10.0 Å². The van der Waals surface area contributed by atoms with E-state index in [1.165, 1.54) is 23.5 Å². The van der Waals surface area contributed by atoms with Crippen LogP contribution in [-0.4, -0.2) is 19.9 Å². The van der Waals surface area contributed by atoms with Crippen LogP contribution in [-0.2, 0) is 16.4 Å². The Balaban J connectivity index is 1.65. The standard InChI is InChI=1S/C19H19FN2O2S2/c1-13-6-7-18(14(2)10-13)26(23,24)21-9-8-17-12-25-19(22-17)15-4-3-5-16(20)11-15/h3-7,10-12,21H,8-9H2,1-2H3. The highest BCUT2D eigenvalue weighted by Crippen LogP contribution is 2.24. The molecule has 2 aromatic carbocycles. The van der Waals surface area contributed by atoms with Crippen molar-refractivity contribution in [3.8, 4) is 10.6 Å². The second-order valence-corrected chi connectivity index (χ2v) is 8.66. The molecular weight excluding hydrogens is 371 g/mol. The summed E-state index contributed by atoms with van der Waals surface area (Å²) in [5.41, 5.74) is 3.24. The molecule has 4 nitrogen and oxygen atoms in total. The van der Waals surface area contributed by atoms with Crippen LogP contribution in [0.5, 0.6) is 0 Å². The summed E-state index contributed by atoms with van der Waals surface area (Å²) in [7, 11) is -3.55. The van der Waals surface area contributed by atoms with Gasteiger partial charge < -0.3 is 0 Å². The zero-order chi connectivity index (χ0) is 18.7. The minimum atomic E-state index is -3.55. The Labute approximate surface area is 156 Å². The van der Waals surface area contributed by atoms with Crippen LogP contribution in [0.1, 0.15) is 16.8 Å². The highest BCUT2D eigenvalue weighted by atomic mass is 32.2. The first-order valence-electron chi connectivity index (χ1n) is 8.12. The SMILES string of the molecule is Cc1ccc(S(=O)(=O)NCCc2csc(-c3cccc(F)c3)n2)c(C)c1. The average molecular weight is 391 g/mol. The van der Waals surface area contributed by atoms with Gasteiger partial charge in [0.15, 0.2) is 0 Å². The Morgan fingerprint density at radius 3 is 2.69 bits per heavy atom. The predicted octanol–water partition coefficient (Wildman–Crippen LogP) is 4.09. The summed E-state index contributed by atoms with van der Waals surface area (Å²) in [6.07, 6.45) is 0.468. The Kier molecular flexibility index (Phi) is 5.50. The first-order valence-corrected chi connectivity index (χ1v) is 10.5. The fourth-order valence-electron chi connectivity index (χ4n) is 2.67. The molecule has 0 unspecified atom stereocenters. The number of aryl methyl sites for hydroxylation is 2. The topological polar surface area (TPSA) is 59.1 Å². The molecule has 1 aromatic heterocycles. The number of nitrogens with zero attached hydrogens (tertiary/aromatic N) is 1. The van der Waals surface area contributed by atoms with Crippen molar-refractivity contribution in [1.82, 2.24) is 9.71 Å². The highest BCUT2D eigenvalue weighted by Gasteiger charge is 2.16. The van der Waals surface area contributed by atoms with Crippen molar-refractivity contribution in [3.05, 3.63) is 70.5 Å². The van der Waals surface area contributed by atoms with E-state index in [2.05, 4.69) is 9.71 Å². The molecule has 1 N–H and O–H groups in total. The molecule has 0 saturated heterocycles. The fraction of sp³-hybridized carbons (Fsp3) is 0.211. The van der Waals surface area contributed by atoms with Crippen LogP contribution in [0, 0.1) is 19.7 Å². The summed E-state index contributed by atoms with van der Waals surface area (Å²) in [5, 5.41) is 2.59. The van der Waals surface area contributed by atoms with Crippen molar-refractivity contribution in [1.29, 1.82) is 0 Å². The summed E-state index contributed by atoms with van der Waals surface area (Å²) in [5.74, 6) is -0.305. The second-order valence-electron chi connectivity index (χ2n) is 6.07. The molecular formula is C19H19FN2O2S2. The van der Waals surface area contributed by atoms with Gasteiger partial charge in [-0.25, -0.2) is 22.5 Å². The van der Waals surface area contributed by atoms with Gasteiger partial charge in [-0.3, -0.25) is 0 Å². The minimum Gasteiger partial charge on any atom is -0.241 e. The van der Waals surface area contributed by atoms with Crippen molar-refractivity contribution in [3.63, 3.8) is 0 Å². The van der Waals surface area contributed by atoms with E-state index in [9.17, 15) is 12.8 Å². The molecule has 0 aliphatic carbocycles. The maximum Gasteiger partial charge on any atom is 0.240 e. The third-order valence-electron chi connectivity index (χ3n) is 3.92. The second kappa shape index (κ2) is 7.65. The number of aromatic nitrogens is 1. The average Bonchev–Trinajstić information content (AvgIpc) is 3.03. The van der Waals surface area contributed by atoms with Gasteiger partial charge in [-0.2, -0.15) is 0 Å². The maximum absolute atomic E-state index is 13.3. The van der Waals surface area contributed by atoms with Crippen LogP contribution in [0.25, 0.3) is 10.6 Å². The van der Waals surface area contributed by atoms with Crippen molar-refractivity contribution in [2.45, 2.75) is 25.2 Å². The van der Waals surface area contributed by atoms with Gasteiger partial charge in [0.1, 0.15) is 10.8 Å². The number of nitrogens with one attached hydrogen (secondary N) is 1. The van der Waals surface area contributed by atoms with Crippen molar-refractivity contribution >= 4 is 21.4 Å². The molecule has 0 fully saturated rings. The maximum atomic E-state index is 13.3. The van der Waals surface area contributed by atoms with Gasteiger partial charge in [0.25, 0.3) is 0 Å². The molecule has 0 aliphatic heterocycles. The van der Waals surface area contributed by atoms with E-state index in [-0.39, 0.29) is 12.4 Å². The highest BCUT2D eigenvalue weighted by molar-refractivity contribution is 7.89. The number of benzene rings is 2. The van der Waals surface area contributed by atoms with E-state index in [0.717, 1.165) is 27.4 Å². The molecule has 0 saturated carbocycles. The predicted molar refractivity (Wildman–Crippen MR) is 102 cm³/mol. The molecule has 7 heteroatoms. The lowest BCUT2D eigenvalue weighted by Gasteiger charge is -2.09. The number of thiazole rings is 1. The van der Waals surface area contributed by atoms with Gasteiger partial charge >= 0.3 is 0 Å². The summed E-state index contributed by atoms with van der Waals surface area (Å²) in [6, 6.07) is 11.5. The summed E-state index contributed by atoms with van der Waals surface area (Å²) in [6.45, 7) is 3.96. The van der Waals surface area contributed by atoms with Crippen LogP contribution < -0.4 is 4.72 Å². The number of sulfonamides is 1. The first kappa shape index (κ1) is 18.7. The van der Waals surface area contributed by atoms with Crippen molar-refractivity contribution < 1.29 is 12.8 Å². The third kappa shape index (κ3) is 4.35. The largest absolute Gasteiger partial charge is 0.241 e. The monoisotopic (exact) mass is 390 g/mol. The van der Waals surface area contributed by atoms with E-state index >= 15 is 0 Å². The number of hydrogen-bond acceptors (Lipinski definition) is 4. The van der Waals surface area contributed by atoms with Crippen molar-refractivity contribution in [2.24, 2.45) is 0 Å².